The number of piperidine rings is 1. The Balaban J connectivity index is 1.17. The van der Waals surface area contributed by atoms with Gasteiger partial charge in [0.05, 0.1) is 0 Å². The molecule has 1 fully saturated rings. The fourth-order valence-corrected chi connectivity index (χ4v) is 5.14. The van der Waals surface area contributed by atoms with Crippen LogP contribution in [-0.2, 0) is 4.84 Å². The third-order valence-corrected chi connectivity index (χ3v) is 7.25. The van der Waals surface area contributed by atoms with Gasteiger partial charge < -0.3 is 20.8 Å². The Morgan fingerprint density at radius 3 is 2.47 bits per heavy atom. The topological polar surface area (TPSA) is 105 Å². The third kappa shape index (κ3) is 5.23. The van der Waals surface area contributed by atoms with E-state index in [0.29, 0.717) is 23.5 Å². The van der Waals surface area contributed by atoms with Crippen molar-refractivity contribution in [3.63, 3.8) is 0 Å². The van der Waals surface area contributed by atoms with Gasteiger partial charge in [0.15, 0.2) is 0 Å². The Hall–Kier alpha value is -3.37. The van der Waals surface area contributed by atoms with Crippen molar-refractivity contribution < 1.29 is 4.84 Å². The van der Waals surface area contributed by atoms with Crippen LogP contribution in [0.2, 0.25) is 0 Å². The number of para-hydroxylation sites is 1. The highest BCUT2D eigenvalue weighted by molar-refractivity contribution is 7.99. The maximum Gasteiger partial charge on any atom is 0.257 e. The monoisotopic (exact) mass is 476 g/mol. The van der Waals surface area contributed by atoms with E-state index in [1.165, 1.54) is 4.90 Å². The number of thioether (sulfide) groups is 1. The average molecular weight is 477 g/mol. The van der Waals surface area contributed by atoms with Crippen molar-refractivity contribution >= 4 is 35.2 Å². The number of nitrogens with zero attached hydrogens (tertiary/aromatic N) is 6. The molecule has 0 saturated carbocycles. The number of oxime groups is 1. The Morgan fingerprint density at radius 1 is 1.03 bits per heavy atom. The van der Waals surface area contributed by atoms with Crippen LogP contribution in [0.4, 0.5) is 17.6 Å². The Morgan fingerprint density at radius 2 is 1.74 bits per heavy atom. The summed E-state index contributed by atoms with van der Waals surface area (Å²) in [6, 6.07) is 20.4. The highest BCUT2D eigenvalue weighted by Crippen LogP contribution is 2.27. The van der Waals surface area contributed by atoms with Crippen LogP contribution in [0.25, 0.3) is 0 Å². The van der Waals surface area contributed by atoms with Crippen molar-refractivity contribution in [2.24, 2.45) is 11.1 Å². The molecule has 1 unspecified atom stereocenters. The molecule has 1 aromatic heterocycles. The summed E-state index contributed by atoms with van der Waals surface area (Å²) in [4.78, 5) is 24.3. The number of anilines is 3. The Labute approximate surface area is 203 Å². The van der Waals surface area contributed by atoms with Gasteiger partial charge in [-0.25, -0.2) is 4.90 Å². The summed E-state index contributed by atoms with van der Waals surface area (Å²) in [5.41, 5.74) is 6.93. The second kappa shape index (κ2) is 10.3. The average Bonchev–Trinajstić information content (AvgIpc) is 3.39. The molecular formula is C24H28N8OS. The number of nitrogens with one attached hydrogen (secondary N) is 1. The van der Waals surface area contributed by atoms with Crippen molar-refractivity contribution in [2.45, 2.75) is 24.1 Å². The summed E-state index contributed by atoms with van der Waals surface area (Å²) in [5, 5.41) is 7.51. The van der Waals surface area contributed by atoms with Crippen molar-refractivity contribution in [1.29, 1.82) is 0 Å². The minimum Gasteiger partial charge on any atom is -0.368 e. The predicted molar refractivity (Wildman–Crippen MR) is 135 cm³/mol. The number of amidine groups is 1. The molecule has 1 atom stereocenters. The van der Waals surface area contributed by atoms with E-state index >= 15 is 0 Å². The first-order valence-electron chi connectivity index (χ1n) is 11.4. The first-order chi connectivity index (χ1) is 16.7. The minimum absolute atomic E-state index is 0.132. The molecule has 2 aromatic carbocycles. The first kappa shape index (κ1) is 22.4. The van der Waals surface area contributed by atoms with E-state index in [4.69, 9.17) is 10.6 Å². The van der Waals surface area contributed by atoms with Crippen LogP contribution in [0.3, 0.4) is 0 Å². The molecule has 34 heavy (non-hydrogen) atoms. The molecule has 2 aliphatic rings. The highest BCUT2D eigenvalue weighted by atomic mass is 32.2. The number of benzene rings is 2. The summed E-state index contributed by atoms with van der Waals surface area (Å²) in [5.74, 6) is 3.24. The molecule has 2 aliphatic heterocycles. The number of likely N-dealkylation sites (tertiary alicyclic amines) is 1. The molecule has 0 spiro atoms. The summed E-state index contributed by atoms with van der Waals surface area (Å²) < 4.78 is 0. The molecule has 1 saturated heterocycles. The summed E-state index contributed by atoms with van der Waals surface area (Å²) in [6.07, 6.45) is 1.93. The number of hydrogen-bond donors (Lipinski definition) is 2. The molecule has 3 heterocycles. The number of aromatic nitrogens is 3. The van der Waals surface area contributed by atoms with Crippen molar-refractivity contribution in [3.05, 3.63) is 66.5 Å². The smallest absolute Gasteiger partial charge is 0.257 e. The molecule has 176 valence electrons. The zero-order chi connectivity index (χ0) is 23.3. The molecular weight excluding hydrogens is 448 g/mol. The summed E-state index contributed by atoms with van der Waals surface area (Å²) in [6.45, 7) is 1.89. The van der Waals surface area contributed by atoms with Gasteiger partial charge in [0.1, 0.15) is 0 Å². The SMILES string of the molecule is CN(c1ccccc1)c1nc(N)nc(C2=NOC(N3CCC(CSc4ccccc4)CC3)N2)n1. The molecule has 3 N–H and O–H groups in total. The fourth-order valence-electron chi connectivity index (χ4n) is 4.02. The van der Waals surface area contributed by atoms with Gasteiger partial charge in [-0.15, -0.1) is 11.8 Å². The van der Waals surface area contributed by atoms with Crippen molar-refractivity contribution in [3.8, 4) is 0 Å². The van der Waals surface area contributed by atoms with Gasteiger partial charge >= 0.3 is 0 Å². The highest BCUT2D eigenvalue weighted by Gasteiger charge is 2.32. The van der Waals surface area contributed by atoms with Crippen molar-refractivity contribution in [1.82, 2.24) is 25.2 Å². The first-order valence-corrected chi connectivity index (χ1v) is 12.4. The maximum absolute atomic E-state index is 5.98. The fraction of sp³-hybridized carbons (Fsp3) is 0.333. The number of nitrogen functional groups attached to an aromatic ring is 1. The van der Waals surface area contributed by atoms with Gasteiger partial charge in [-0.1, -0.05) is 41.6 Å². The molecule has 0 bridgehead atoms. The van der Waals surface area contributed by atoms with Gasteiger partial charge in [-0.05, 0) is 43.0 Å². The van der Waals surface area contributed by atoms with Crippen molar-refractivity contribution in [2.75, 3.05) is 36.5 Å². The van der Waals surface area contributed by atoms with E-state index in [1.807, 2.05) is 54.0 Å². The third-order valence-electron chi connectivity index (χ3n) is 6.01. The predicted octanol–water partition coefficient (Wildman–Crippen LogP) is 3.29. The van der Waals surface area contributed by atoms with Crippen LogP contribution < -0.4 is 16.0 Å². The summed E-state index contributed by atoms with van der Waals surface area (Å²) in [7, 11) is 1.89. The van der Waals surface area contributed by atoms with E-state index in [9.17, 15) is 0 Å². The molecule has 10 heteroatoms. The number of rotatable bonds is 7. The zero-order valence-corrected chi connectivity index (χ0v) is 19.9. The lowest BCUT2D eigenvalue weighted by atomic mass is 9.99. The van der Waals surface area contributed by atoms with E-state index in [2.05, 4.69) is 60.7 Å². The van der Waals surface area contributed by atoms with Gasteiger partial charge in [0.25, 0.3) is 6.35 Å². The molecule has 5 rings (SSSR count). The molecule has 3 aromatic rings. The van der Waals surface area contributed by atoms with Gasteiger partial charge in [0.2, 0.25) is 23.6 Å². The van der Waals surface area contributed by atoms with Gasteiger partial charge in [-0.3, -0.25) is 0 Å². The quantitative estimate of drug-likeness (QED) is 0.497. The van der Waals surface area contributed by atoms with Gasteiger partial charge in [0, 0.05) is 36.5 Å². The normalized spacial score (nSPS) is 18.7. The molecule has 0 aliphatic carbocycles. The van der Waals surface area contributed by atoms with Gasteiger partial charge in [-0.2, -0.15) is 15.0 Å². The van der Waals surface area contributed by atoms with Crippen LogP contribution in [0.15, 0.2) is 70.7 Å². The number of hydrogen-bond acceptors (Lipinski definition) is 10. The molecule has 9 nitrogen and oxygen atoms in total. The summed E-state index contributed by atoms with van der Waals surface area (Å²) >= 11 is 1.94. The lowest BCUT2D eigenvalue weighted by molar-refractivity contribution is -0.0621. The lowest BCUT2D eigenvalue weighted by Crippen LogP contribution is -2.49. The van der Waals surface area contributed by atoms with Crippen LogP contribution >= 0.6 is 11.8 Å². The van der Waals surface area contributed by atoms with Crippen LogP contribution in [0, 0.1) is 5.92 Å². The lowest BCUT2D eigenvalue weighted by Gasteiger charge is -2.34. The standard InChI is InChI=1S/C24H28N8OS/c1-31(18-8-4-2-5-9-18)23-27-20(26-22(25)29-23)21-28-24(33-30-21)32-14-12-17(13-15-32)16-34-19-10-6-3-7-11-19/h2-11,17,24H,12-16H2,1H3,(H,28,30)(H2,25,26,27,29). The second-order valence-electron chi connectivity index (χ2n) is 8.36. The Bertz CT molecular complexity index is 1120. The van der Waals surface area contributed by atoms with E-state index in [0.717, 1.165) is 37.4 Å². The van der Waals surface area contributed by atoms with Crippen LogP contribution in [0.1, 0.15) is 18.7 Å². The zero-order valence-electron chi connectivity index (χ0n) is 19.0. The van der Waals surface area contributed by atoms with Crippen LogP contribution in [-0.4, -0.2) is 57.9 Å². The minimum atomic E-state index is -0.328. The Kier molecular flexibility index (Phi) is 6.77. The maximum atomic E-state index is 5.98. The largest absolute Gasteiger partial charge is 0.368 e. The molecule has 0 radical (unpaired) electrons. The van der Waals surface area contributed by atoms with E-state index in [1.54, 1.807) is 0 Å². The second-order valence-corrected chi connectivity index (χ2v) is 9.45. The number of nitrogens with two attached hydrogens (primary N) is 1. The molecule has 0 amide bonds. The van der Waals surface area contributed by atoms with E-state index < -0.39 is 0 Å². The van der Waals surface area contributed by atoms with Crippen LogP contribution in [0.5, 0.6) is 0 Å². The van der Waals surface area contributed by atoms with E-state index in [-0.39, 0.29) is 12.3 Å².